The van der Waals surface area contributed by atoms with Gasteiger partial charge in [0, 0.05) is 0 Å². The van der Waals surface area contributed by atoms with Gasteiger partial charge in [-0.05, 0) is 47.1 Å². The second kappa shape index (κ2) is 4.87. The van der Waals surface area contributed by atoms with E-state index in [-0.39, 0.29) is 10.8 Å². The molecule has 2 atom stereocenters. The quantitative estimate of drug-likeness (QED) is 0.762. The molecule has 1 saturated carbocycles. The molecular formula is C19H30O. The molecule has 1 aliphatic rings. The van der Waals surface area contributed by atoms with Crippen LogP contribution in [0, 0.1) is 11.3 Å². The first-order valence-electron chi connectivity index (χ1n) is 7.85. The predicted molar refractivity (Wildman–Crippen MR) is 85.8 cm³/mol. The minimum Gasteiger partial charge on any atom is -0.385 e. The lowest BCUT2D eigenvalue weighted by atomic mass is 9.64. The van der Waals surface area contributed by atoms with Crippen LogP contribution in [0.4, 0.5) is 0 Å². The Morgan fingerprint density at radius 2 is 1.60 bits per heavy atom. The zero-order valence-corrected chi connectivity index (χ0v) is 14.0. The molecule has 1 aromatic carbocycles. The lowest BCUT2D eigenvalue weighted by molar-refractivity contribution is -0.0635. The maximum Gasteiger partial charge on any atom is 0.0904 e. The van der Waals surface area contributed by atoms with Gasteiger partial charge in [0.15, 0.2) is 0 Å². The summed E-state index contributed by atoms with van der Waals surface area (Å²) in [6.07, 6.45) is 2.94. The van der Waals surface area contributed by atoms with Crippen molar-refractivity contribution in [2.45, 2.75) is 71.8 Å². The van der Waals surface area contributed by atoms with Crippen molar-refractivity contribution >= 4 is 0 Å². The molecule has 1 aliphatic carbocycles. The van der Waals surface area contributed by atoms with Crippen molar-refractivity contribution in [3.8, 4) is 0 Å². The molecular weight excluding hydrogens is 244 g/mol. The molecule has 0 heterocycles. The molecule has 0 bridgehead atoms. The van der Waals surface area contributed by atoms with Crippen LogP contribution in [0.25, 0.3) is 0 Å². The van der Waals surface area contributed by atoms with E-state index in [1.807, 2.05) is 0 Å². The van der Waals surface area contributed by atoms with E-state index in [0.717, 1.165) is 18.4 Å². The number of hydrogen-bond donors (Lipinski definition) is 1. The Labute approximate surface area is 124 Å². The third kappa shape index (κ3) is 3.25. The van der Waals surface area contributed by atoms with E-state index in [2.05, 4.69) is 65.8 Å². The van der Waals surface area contributed by atoms with Gasteiger partial charge in [-0.15, -0.1) is 0 Å². The summed E-state index contributed by atoms with van der Waals surface area (Å²) in [6.45, 7) is 13.5. The summed E-state index contributed by atoms with van der Waals surface area (Å²) < 4.78 is 0. The van der Waals surface area contributed by atoms with Crippen LogP contribution < -0.4 is 0 Å². The Morgan fingerprint density at radius 3 is 2.05 bits per heavy atom. The highest BCUT2D eigenvalue weighted by molar-refractivity contribution is 5.31. The van der Waals surface area contributed by atoms with Crippen LogP contribution in [0.15, 0.2) is 24.3 Å². The first-order chi connectivity index (χ1) is 9.02. The molecule has 0 radical (unpaired) electrons. The topological polar surface area (TPSA) is 20.2 Å². The van der Waals surface area contributed by atoms with Gasteiger partial charge in [-0.2, -0.15) is 0 Å². The van der Waals surface area contributed by atoms with Crippen LogP contribution in [0.3, 0.4) is 0 Å². The van der Waals surface area contributed by atoms with Crippen LogP contribution in [0.1, 0.15) is 71.9 Å². The van der Waals surface area contributed by atoms with E-state index in [9.17, 15) is 5.11 Å². The lowest BCUT2D eigenvalue weighted by Crippen LogP contribution is -2.40. The van der Waals surface area contributed by atoms with Gasteiger partial charge in [0.25, 0.3) is 0 Å². The van der Waals surface area contributed by atoms with Crippen molar-refractivity contribution in [1.82, 2.24) is 0 Å². The summed E-state index contributed by atoms with van der Waals surface area (Å²) in [6, 6.07) is 8.63. The molecule has 2 rings (SSSR count). The van der Waals surface area contributed by atoms with E-state index in [1.54, 1.807) is 0 Å². The van der Waals surface area contributed by atoms with Gasteiger partial charge < -0.3 is 5.11 Å². The highest BCUT2D eigenvalue weighted by atomic mass is 16.3. The second-order valence-electron chi connectivity index (χ2n) is 8.71. The predicted octanol–water partition coefficient (Wildman–Crippen LogP) is 5.02. The first-order valence-corrected chi connectivity index (χ1v) is 7.85. The largest absolute Gasteiger partial charge is 0.385 e. The van der Waals surface area contributed by atoms with Crippen molar-refractivity contribution in [2.24, 2.45) is 11.3 Å². The third-order valence-corrected chi connectivity index (χ3v) is 4.65. The Morgan fingerprint density at radius 1 is 1.05 bits per heavy atom. The molecule has 0 aliphatic heterocycles. The summed E-state index contributed by atoms with van der Waals surface area (Å²) in [7, 11) is 0. The fourth-order valence-corrected chi connectivity index (χ4v) is 4.03. The number of aliphatic hydroxyl groups is 1. The summed E-state index contributed by atoms with van der Waals surface area (Å²) in [5, 5.41) is 11.1. The maximum absolute atomic E-state index is 11.1. The average molecular weight is 274 g/mol. The summed E-state index contributed by atoms with van der Waals surface area (Å²) in [5.41, 5.74) is 2.14. The van der Waals surface area contributed by atoms with Crippen molar-refractivity contribution < 1.29 is 5.11 Å². The fraction of sp³-hybridized carbons (Fsp3) is 0.684. The van der Waals surface area contributed by atoms with Gasteiger partial charge >= 0.3 is 0 Å². The molecule has 1 N–H and O–H groups in total. The van der Waals surface area contributed by atoms with E-state index < -0.39 is 5.60 Å². The summed E-state index contributed by atoms with van der Waals surface area (Å²) in [5.74, 6) is 0.575. The molecule has 20 heavy (non-hydrogen) atoms. The molecule has 1 nitrogen and oxygen atoms in total. The standard InChI is InChI=1S/C19H30O/c1-14-11-18(5,6)13-19(20,12-14)16-9-7-15(8-10-16)17(2,3)4/h7-10,14,20H,11-13H2,1-6H3. The summed E-state index contributed by atoms with van der Waals surface area (Å²) >= 11 is 0. The van der Waals surface area contributed by atoms with Crippen molar-refractivity contribution in [2.75, 3.05) is 0 Å². The number of rotatable bonds is 1. The minimum absolute atomic E-state index is 0.167. The van der Waals surface area contributed by atoms with Crippen molar-refractivity contribution in [3.63, 3.8) is 0 Å². The Kier molecular flexibility index (Phi) is 3.79. The average Bonchev–Trinajstić information content (AvgIpc) is 2.24. The number of hydrogen-bond acceptors (Lipinski definition) is 1. The van der Waals surface area contributed by atoms with Gasteiger partial charge in [-0.25, -0.2) is 0 Å². The Hall–Kier alpha value is -0.820. The van der Waals surface area contributed by atoms with E-state index in [4.69, 9.17) is 0 Å². The van der Waals surface area contributed by atoms with E-state index in [1.165, 1.54) is 12.0 Å². The van der Waals surface area contributed by atoms with Crippen LogP contribution in [-0.4, -0.2) is 5.11 Å². The highest BCUT2D eigenvalue weighted by Crippen LogP contribution is 2.48. The van der Waals surface area contributed by atoms with E-state index in [0.29, 0.717) is 5.92 Å². The second-order valence-corrected chi connectivity index (χ2v) is 8.71. The SMILES string of the molecule is CC1CC(C)(C)CC(O)(c2ccc(C(C)(C)C)cc2)C1. The van der Waals surface area contributed by atoms with Crippen LogP contribution in [0.2, 0.25) is 0 Å². The first kappa shape index (κ1) is 15.6. The molecule has 0 saturated heterocycles. The van der Waals surface area contributed by atoms with Gasteiger partial charge in [-0.3, -0.25) is 0 Å². The molecule has 112 valence electrons. The van der Waals surface area contributed by atoms with Gasteiger partial charge in [-0.1, -0.05) is 65.8 Å². The van der Waals surface area contributed by atoms with Gasteiger partial charge in [0.1, 0.15) is 0 Å². The van der Waals surface area contributed by atoms with Crippen molar-refractivity contribution in [3.05, 3.63) is 35.4 Å². The zero-order valence-electron chi connectivity index (χ0n) is 14.0. The highest BCUT2D eigenvalue weighted by Gasteiger charge is 2.42. The normalized spacial score (nSPS) is 30.2. The van der Waals surface area contributed by atoms with Gasteiger partial charge in [0.05, 0.1) is 5.60 Å². The molecule has 1 aromatic rings. The summed E-state index contributed by atoms with van der Waals surface area (Å²) in [4.78, 5) is 0. The van der Waals surface area contributed by atoms with Crippen LogP contribution in [-0.2, 0) is 11.0 Å². The molecule has 0 amide bonds. The zero-order chi connectivity index (χ0) is 15.2. The van der Waals surface area contributed by atoms with Crippen LogP contribution in [0.5, 0.6) is 0 Å². The Bertz CT molecular complexity index is 464. The van der Waals surface area contributed by atoms with E-state index >= 15 is 0 Å². The number of benzene rings is 1. The minimum atomic E-state index is -0.655. The molecule has 1 fully saturated rings. The third-order valence-electron chi connectivity index (χ3n) is 4.65. The van der Waals surface area contributed by atoms with Crippen molar-refractivity contribution in [1.29, 1.82) is 0 Å². The van der Waals surface area contributed by atoms with Gasteiger partial charge in [0.2, 0.25) is 0 Å². The molecule has 1 heteroatoms. The Balaban J connectivity index is 2.30. The lowest BCUT2D eigenvalue weighted by Gasteiger charge is -2.45. The molecule has 0 spiro atoms. The van der Waals surface area contributed by atoms with Crippen LogP contribution >= 0.6 is 0 Å². The maximum atomic E-state index is 11.1. The smallest absolute Gasteiger partial charge is 0.0904 e. The fourth-order valence-electron chi connectivity index (χ4n) is 4.03. The molecule has 0 aromatic heterocycles. The molecule has 2 unspecified atom stereocenters. The monoisotopic (exact) mass is 274 g/mol.